The maximum Gasteiger partial charge on any atom is 0.123 e. The summed E-state index contributed by atoms with van der Waals surface area (Å²) in [5, 5.41) is 0. The van der Waals surface area contributed by atoms with E-state index in [2.05, 4.69) is 78.1 Å². The Morgan fingerprint density at radius 3 is 1.97 bits per heavy atom. The van der Waals surface area contributed by atoms with Crippen LogP contribution in [0.15, 0.2) is 45.3 Å². The van der Waals surface area contributed by atoms with Gasteiger partial charge in [-0.2, -0.15) is 0 Å². The molecule has 4 unspecified atom stereocenters. The molecular formula is C32H40Br2N2O2. The van der Waals surface area contributed by atoms with Gasteiger partial charge < -0.3 is 19.3 Å². The van der Waals surface area contributed by atoms with Gasteiger partial charge in [0.1, 0.15) is 22.7 Å². The van der Waals surface area contributed by atoms with E-state index < -0.39 is 0 Å². The molecule has 4 saturated heterocycles. The largest absolute Gasteiger partial charge is 0.487 e. The summed E-state index contributed by atoms with van der Waals surface area (Å²) in [7, 11) is 0. The SMILES string of the molecule is Brc1ccc2c(c1)CC1(CCC3CCCN3CC1)O2.Brc1ccc2c(c1)CC1(CCCN3CCCC3C1)O2. The Hall–Kier alpha value is -1.08. The Balaban J connectivity index is 0.000000127. The minimum absolute atomic E-state index is 0.0902. The van der Waals surface area contributed by atoms with Crippen molar-refractivity contribution in [3.63, 3.8) is 0 Å². The predicted molar refractivity (Wildman–Crippen MR) is 159 cm³/mol. The topological polar surface area (TPSA) is 24.9 Å². The van der Waals surface area contributed by atoms with Crippen LogP contribution in [0.25, 0.3) is 0 Å². The number of hydrogen-bond acceptors (Lipinski definition) is 4. The van der Waals surface area contributed by atoms with E-state index in [0.29, 0.717) is 0 Å². The first kappa shape index (κ1) is 25.9. The van der Waals surface area contributed by atoms with Gasteiger partial charge in [0.05, 0.1) is 0 Å². The van der Waals surface area contributed by atoms with E-state index in [9.17, 15) is 0 Å². The second-order valence-electron chi connectivity index (χ2n) is 12.7. The fourth-order valence-electron chi connectivity index (χ4n) is 8.31. The van der Waals surface area contributed by atoms with E-state index in [1.54, 1.807) is 0 Å². The fourth-order valence-corrected chi connectivity index (χ4v) is 9.13. The minimum atomic E-state index is 0.0902. The van der Waals surface area contributed by atoms with Crippen LogP contribution in [-0.4, -0.2) is 59.3 Å². The molecule has 0 amide bonds. The average Bonchev–Trinajstić information content (AvgIpc) is 3.64. The summed E-state index contributed by atoms with van der Waals surface area (Å²) in [6.45, 7) is 5.11. The summed E-state index contributed by atoms with van der Waals surface area (Å²) < 4.78 is 15.2. The lowest BCUT2D eigenvalue weighted by molar-refractivity contribution is 0.0649. The van der Waals surface area contributed by atoms with Gasteiger partial charge in [0.15, 0.2) is 0 Å². The molecule has 0 N–H and O–H groups in total. The number of ether oxygens (including phenoxy) is 2. The van der Waals surface area contributed by atoms with Crippen molar-refractivity contribution in [3.05, 3.63) is 56.5 Å². The lowest BCUT2D eigenvalue weighted by Crippen LogP contribution is -2.39. The number of halogens is 2. The molecule has 0 aliphatic carbocycles. The Labute approximate surface area is 244 Å². The second kappa shape index (κ2) is 10.4. The van der Waals surface area contributed by atoms with Crippen LogP contribution in [0.3, 0.4) is 0 Å². The highest BCUT2D eigenvalue weighted by atomic mass is 79.9. The minimum Gasteiger partial charge on any atom is -0.487 e. The van der Waals surface area contributed by atoms with Crippen molar-refractivity contribution in [1.29, 1.82) is 0 Å². The molecule has 2 aromatic rings. The third-order valence-corrected chi connectivity index (χ3v) is 11.2. The van der Waals surface area contributed by atoms with Crippen LogP contribution >= 0.6 is 31.9 Å². The van der Waals surface area contributed by atoms with E-state index in [-0.39, 0.29) is 11.2 Å². The molecule has 6 heterocycles. The Morgan fingerprint density at radius 2 is 1.24 bits per heavy atom. The first-order chi connectivity index (χ1) is 18.5. The van der Waals surface area contributed by atoms with Crippen LogP contribution in [0.2, 0.25) is 0 Å². The molecule has 2 aromatic carbocycles. The van der Waals surface area contributed by atoms with E-state index in [4.69, 9.17) is 9.47 Å². The third-order valence-electron chi connectivity index (χ3n) is 10.2. The van der Waals surface area contributed by atoms with Gasteiger partial charge in [0.2, 0.25) is 0 Å². The summed E-state index contributed by atoms with van der Waals surface area (Å²) in [6, 6.07) is 14.5. The molecule has 0 aromatic heterocycles. The number of rotatable bonds is 0. The van der Waals surface area contributed by atoms with Crippen molar-refractivity contribution >= 4 is 31.9 Å². The van der Waals surface area contributed by atoms with Crippen LogP contribution in [0, 0.1) is 0 Å². The van der Waals surface area contributed by atoms with E-state index in [1.807, 2.05) is 0 Å². The molecule has 6 aliphatic heterocycles. The highest BCUT2D eigenvalue weighted by Gasteiger charge is 2.45. The lowest BCUT2D eigenvalue weighted by Gasteiger charge is -2.30. The normalized spacial score (nSPS) is 33.8. The van der Waals surface area contributed by atoms with Crippen LogP contribution in [0.4, 0.5) is 0 Å². The van der Waals surface area contributed by atoms with E-state index >= 15 is 0 Å². The predicted octanol–water partition coefficient (Wildman–Crippen LogP) is 7.54. The second-order valence-corrected chi connectivity index (χ2v) is 14.5. The summed E-state index contributed by atoms with van der Waals surface area (Å²) in [5.74, 6) is 2.24. The number of nitrogens with zero attached hydrogens (tertiary/aromatic N) is 2. The molecule has 8 rings (SSSR count). The Bertz CT molecular complexity index is 1170. The first-order valence-corrected chi connectivity index (χ1v) is 16.5. The van der Waals surface area contributed by atoms with Crippen molar-refractivity contribution in [1.82, 2.24) is 9.80 Å². The molecule has 4 atom stereocenters. The van der Waals surface area contributed by atoms with Crippen LogP contribution in [0.1, 0.15) is 75.3 Å². The standard InChI is InChI=1S/2C16H20BrNO/c17-13-4-5-15-12(9-13)10-16(19-15)6-2-8-18-7-1-3-14(18)11-16;17-13-3-4-15-12(10-13)11-16(19-15)6-5-14-2-1-8-18(14)9-7-16/h4-5,9,14H,1-3,6-8,10-11H2;3-4,10,14H,1-2,5-9,11H2. The van der Waals surface area contributed by atoms with Crippen molar-refractivity contribution in [2.24, 2.45) is 0 Å². The molecule has 204 valence electrons. The maximum atomic E-state index is 6.43. The molecular weight excluding hydrogens is 604 g/mol. The van der Waals surface area contributed by atoms with E-state index in [0.717, 1.165) is 36.4 Å². The number of benzene rings is 2. The lowest BCUT2D eigenvalue weighted by atomic mass is 9.86. The Kier molecular flexibility index (Phi) is 7.07. The molecule has 0 bridgehead atoms. The zero-order valence-corrected chi connectivity index (χ0v) is 25.6. The zero-order valence-electron chi connectivity index (χ0n) is 22.4. The smallest absolute Gasteiger partial charge is 0.123 e. The fraction of sp³-hybridized carbons (Fsp3) is 0.625. The van der Waals surface area contributed by atoms with Crippen molar-refractivity contribution < 1.29 is 9.47 Å². The van der Waals surface area contributed by atoms with Gasteiger partial charge in [-0.25, -0.2) is 0 Å². The first-order valence-electron chi connectivity index (χ1n) is 14.9. The highest BCUT2D eigenvalue weighted by molar-refractivity contribution is 9.10. The molecule has 6 aliphatic rings. The van der Waals surface area contributed by atoms with Crippen molar-refractivity contribution in [2.45, 2.75) is 100 Å². The summed E-state index contributed by atoms with van der Waals surface area (Å²) in [6.07, 6.45) is 15.2. The third kappa shape index (κ3) is 5.08. The zero-order chi connectivity index (χ0) is 25.7. The number of hydrogen-bond donors (Lipinski definition) is 0. The van der Waals surface area contributed by atoms with Crippen LogP contribution < -0.4 is 9.47 Å². The summed E-state index contributed by atoms with van der Waals surface area (Å²) in [4.78, 5) is 5.38. The van der Waals surface area contributed by atoms with Gasteiger partial charge in [0, 0.05) is 53.3 Å². The molecule has 0 radical (unpaired) electrons. The summed E-state index contributed by atoms with van der Waals surface area (Å²) in [5.41, 5.74) is 2.96. The van der Waals surface area contributed by atoms with Crippen molar-refractivity contribution in [3.8, 4) is 11.5 Å². The van der Waals surface area contributed by atoms with Gasteiger partial charge >= 0.3 is 0 Å². The quantitative estimate of drug-likeness (QED) is 0.296. The summed E-state index contributed by atoms with van der Waals surface area (Å²) >= 11 is 7.14. The molecule has 2 spiro atoms. The van der Waals surface area contributed by atoms with Gasteiger partial charge in [0.25, 0.3) is 0 Å². The number of fused-ring (bicyclic) bond motifs is 4. The molecule has 38 heavy (non-hydrogen) atoms. The molecule has 4 fully saturated rings. The van der Waals surface area contributed by atoms with Gasteiger partial charge in [-0.15, -0.1) is 0 Å². The highest BCUT2D eigenvalue weighted by Crippen LogP contribution is 2.45. The monoisotopic (exact) mass is 642 g/mol. The van der Waals surface area contributed by atoms with Crippen LogP contribution in [-0.2, 0) is 12.8 Å². The van der Waals surface area contributed by atoms with Crippen molar-refractivity contribution in [2.75, 3.05) is 26.2 Å². The van der Waals surface area contributed by atoms with Crippen LogP contribution in [0.5, 0.6) is 11.5 Å². The Morgan fingerprint density at radius 1 is 0.632 bits per heavy atom. The average molecular weight is 644 g/mol. The van der Waals surface area contributed by atoms with Gasteiger partial charge in [-0.05, 0) is 119 Å². The molecule has 6 heteroatoms. The van der Waals surface area contributed by atoms with Gasteiger partial charge in [-0.3, -0.25) is 0 Å². The molecule has 0 saturated carbocycles. The van der Waals surface area contributed by atoms with E-state index in [1.165, 1.54) is 110 Å². The molecule has 4 nitrogen and oxygen atoms in total. The van der Waals surface area contributed by atoms with Gasteiger partial charge in [-0.1, -0.05) is 31.9 Å². The maximum absolute atomic E-state index is 6.43.